The molecule has 156 valence electrons. The number of nitrogens with zero attached hydrogens (tertiary/aromatic N) is 3. The summed E-state index contributed by atoms with van der Waals surface area (Å²) in [5.41, 5.74) is 4.89. The molecule has 1 aliphatic rings. The van der Waals surface area contributed by atoms with Crippen LogP contribution < -0.4 is 10.2 Å². The van der Waals surface area contributed by atoms with E-state index in [0.29, 0.717) is 31.9 Å². The molecule has 0 aromatic heterocycles. The highest BCUT2D eigenvalue weighted by Gasteiger charge is 2.14. The van der Waals surface area contributed by atoms with Crippen LogP contribution in [0, 0.1) is 18.5 Å². The van der Waals surface area contributed by atoms with Crippen LogP contribution in [0.25, 0.3) is 0 Å². The SMILES string of the molecule is N#Cc1ccccc1COc1c(I)cc(/C=N/NC(=O)CN2CCOCC2)cc1I. The molecule has 1 aliphatic heterocycles. The van der Waals surface area contributed by atoms with Crippen LogP contribution >= 0.6 is 45.2 Å². The average Bonchev–Trinajstić information content (AvgIpc) is 2.74. The Balaban J connectivity index is 1.58. The number of hydrogen-bond acceptors (Lipinski definition) is 6. The van der Waals surface area contributed by atoms with Gasteiger partial charge >= 0.3 is 0 Å². The Hall–Kier alpha value is -1.75. The number of hydrogen-bond donors (Lipinski definition) is 1. The summed E-state index contributed by atoms with van der Waals surface area (Å²) >= 11 is 4.42. The number of nitrogens with one attached hydrogen (secondary N) is 1. The topological polar surface area (TPSA) is 86.9 Å². The lowest BCUT2D eigenvalue weighted by Crippen LogP contribution is -2.42. The zero-order chi connectivity index (χ0) is 21.3. The van der Waals surface area contributed by atoms with Gasteiger partial charge < -0.3 is 9.47 Å². The summed E-state index contributed by atoms with van der Waals surface area (Å²) in [4.78, 5) is 14.0. The minimum atomic E-state index is -0.145. The van der Waals surface area contributed by atoms with Crippen LogP contribution in [0.1, 0.15) is 16.7 Å². The first-order valence-electron chi connectivity index (χ1n) is 9.28. The molecular weight excluding hydrogens is 610 g/mol. The third-order valence-corrected chi connectivity index (χ3v) is 6.01. The summed E-state index contributed by atoms with van der Waals surface area (Å²) in [7, 11) is 0. The summed E-state index contributed by atoms with van der Waals surface area (Å²) in [6.45, 7) is 3.46. The molecule has 0 atom stereocenters. The van der Waals surface area contributed by atoms with Gasteiger partial charge in [-0.05, 0) is 68.9 Å². The van der Waals surface area contributed by atoms with Crippen LogP contribution in [-0.2, 0) is 16.1 Å². The Kier molecular flexibility index (Phi) is 8.86. The largest absolute Gasteiger partial charge is 0.487 e. The Bertz CT molecular complexity index is 946. The van der Waals surface area contributed by atoms with Gasteiger partial charge in [0.15, 0.2) is 0 Å². The first-order chi connectivity index (χ1) is 14.6. The second kappa shape index (κ2) is 11.6. The van der Waals surface area contributed by atoms with E-state index >= 15 is 0 Å². The first-order valence-corrected chi connectivity index (χ1v) is 11.4. The summed E-state index contributed by atoms with van der Waals surface area (Å²) in [5.74, 6) is 0.617. The van der Waals surface area contributed by atoms with Gasteiger partial charge in [-0.1, -0.05) is 18.2 Å². The van der Waals surface area contributed by atoms with E-state index in [9.17, 15) is 10.1 Å². The molecule has 7 nitrogen and oxygen atoms in total. The highest BCUT2D eigenvalue weighted by Crippen LogP contribution is 2.29. The highest BCUT2D eigenvalue weighted by molar-refractivity contribution is 14.1. The standard InChI is InChI=1S/C21H20I2N4O3/c22-18-9-15(12-25-26-20(28)13-27-5-7-29-8-6-27)10-19(23)21(18)30-14-17-4-2-1-3-16(17)11-24/h1-4,9-10,12H,5-8,13-14H2,(H,26,28)/b25-12+. The lowest BCUT2D eigenvalue weighted by Gasteiger charge is -2.25. The third kappa shape index (κ3) is 6.63. The van der Waals surface area contributed by atoms with Crippen molar-refractivity contribution in [1.29, 1.82) is 5.26 Å². The van der Waals surface area contributed by atoms with Crippen molar-refractivity contribution in [3.8, 4) is 11.8 Å². The van der Waals surface area contributed by atoms with Crippen molar-refractivity contribution in [2.75, 3.05) is 32.8 Å². The summed E-state index contributed by atoms with van der Waals surface area (Å²) in [6, 6.07) is 13.5. The molecular formula is C21H20I2N4O3. The molecule has 0 bridgehead atoms. The fraction of sp³-hybridized carbons (Fsp3) is 0.286. The van der Waals surface area contributed by atoms with E-state index < -0.39 is 0 Å². The zero-order valence-corrected chi connectivity index (χ0v) is 20.4. The Morgan fingerprint density at radius 3 is 2.67 bits per heavy atom. The molecule has 1 saturated heterocycles. The van der Waals surface area contributed by atoms with Crippen molar-refractivity contribution >= 4 is 57.3 Å². The second-order valence-electron chi connectivity index (χ2n) is 6.55. The van der Waals surface area contributed by atoms with Gasteiger partial charge in [0, 0.05) is 18.7 Å². The molecule has 1 heterocycles. The maximum absolute atomic E-state index is 12.0. The molecule has 0 spiro atoms. The van der Waals surface area contributed by atoms with Crippen molar-refractivity contribution in [2.45, 2.75) is 6.61 Å². The monoisotopic (exact) mass is 630 g/mol. The molecule has 30 heavy (non-hydrogen) atoms. The lowest BCUT2D eigenvalue weighted by atomic mass is 10.1. The second-order valence-corrected chi connectivity index (χ2v) is 8.88. The first kappa shape index (κ1) is 22.9. The van der Waals surface area contributed by atoms with Gasteiger partial charge in [0.2, 0.25) is 0 Å². The van der Waals surface area contributed by atoms with Crippen LogP contribution in [0.15, 0.2) is 41.5 Å². The van der Waals surface area contributed by atoms with Crippen molar-refractivity contribution in [2.24, 2.45) is 5.10 Å². The molecule has 1 fully saturated rings. The van der Waals surface area contributed by atoms with E-state index in [-0.39, 0.29) is 5.91 Å². The van der Waals surface area contributed by atoms with Gasteiger partial charge in [-0.2, -0.15) is 10.4 Å². The van der Waals surface area contributed by atoms with Crippen LogP contribution in [0.3, 0.4) is 0 Å². The van der Waals surface area contributed by atoms with Crippen LogP contribution in [0.5, 0.6) is 5.75 Å². The molecule has 0 saturated carbocycles. The van der Waals surface area contributed by atoms with E-state index in [0.717, 1.165) is 37.1 Å². The van der Waals surface area contributed by atoms with Crippen LogP contribution in [-0.4, -0.2) is 49.9 Å². The maximum atomic E-state index is 12.0. The minimum Gasteiger partial charge on any atom is -0.487 e. The molecule has 3 rings (SSSR count). The fourth-order valence-electron chi connectivity index (χ4n) is 2.87. The lowest BCUT2D eigenvalue weighted by molar-refractivity contribution is -0.123. The number of amides is 1. The van der Waals surface area contributed by atoms with Crippen LogP contribution in [0.2, 0.25) is 0 Å². The number of nitriles is 1. The van der Waals surface area contributed by atoms with Gasteiger partial charge in [-0.3, -0.25) is 9.69 Å². The summed E-state index contributed by atoms with van der Waals surface area (Å²) < 4.78 is 13.1. The van der Waals surface area contributed by atoms with Gasteiger partial charge in [0.05, 0.1) is 44.7 Å². The van der Waals surface area contributed by atoms with E-state index in [1.165, 1.54) is 0 Å². The number of ether oxygens (including phenoxy) is 2. The van der Waals surface area contributed by atoms with Crippen molar-refractivity contribution < 1.29 is 14.3 Å². The molecule has 1 amide bonds. The van der Waals surface area contributed by atoms with Crippen molar-refractivity contribution in [3.05, 3.63) is 60.2 Å². The van der Waals surface area contributed by atoms with Crippen molar-refractivity contribution in [3.63, 3.8) is 0 Å². The van der Waals surface area contributed by atoms with E-state index in [2.05, 4.69) is 61.8 Å². The highest BCUT2D eigenvalue weighted by atomic mass is 127. The molecule has 0 unspecified atom stereocenters. The van der Waals surface area contributed by atoms with Gasteiger partial charge in [0.1, 0.15) is 12.4 Å². The predicted molar refractivity (Wildman–Crippen MR) is 130 cm³/mol. The molecule has 2 aromatic carbocycles. The number of carbonyl (C=O) groups excluding carboxylic acids is 1. The third-order valence-electron chi connectivity index (χ3n) is 4.40. The minimum absolute atomic E-state index is 0.145. The van der Waals surface area contributed by atoms with E-state index in [1.807, 2.05) is 35.2 Å². The summed E-state index contributed by atoms with van der Waals surface area (Å²) in [6.07, 6.45) is 1.62. The van der Waals surface area contributed by atoms with Gasteiger partial charge in [-0.25, -0.2) is 5.43 Å². The number of hydrazone groups is 1. The number of carbonyl (C=O) groups is 1. The van der Waals surface area contributed by atoms with Crippen molar-refractivity contribution in [1.82, 2.24) is 10.3 Å². The Morgan fingerprint density at radius 1 is 1.27 bits per heavy atom. The number of morpholine rings is 1. The number of rotatable bonds is 7. The van der Waals surface area contributed by atoms with Crippen LogP contribution in [0.4, 0.5) is 0 Å². The Labute approximate surface area is 202 Å². The number of halogens is 2. The summed E-state index contributed by atoms with van der Waals surface area (Å²) in [5, 5.41) is 13.3. The maximum Gasteiger partial charge on any atom is 0.254 e. The normalized spacial score (nSPS) is 14.4. The fourth-order valence-corrected chi connectivity index (χ4v) is 5.00. The van der Waals surface area contributed by atoms with E-state index in [4.69, 9.17) is 9.47 Å². The van der Waals surface area contributed by atoms with Gasteiger partial charge in [-0.15, -0.1) is 0 Å². The molecule has 0 aliphatic carbocycles. The quantitative estimate of drug-likeness (QED) is 0.289. The smallest absolute Gasteiger partial charge is 0.254 e. The average molecular weight is 630 g/mol. The molecule has 0 radical (unpaired) electrons. The zero-order valence-electron chi connectivity index (χ0n) is 16.1. The van der Waals surface area contributed by atoms with Gasteiger partial charge in [0.25, 0.3) is 5.91 Å². The molecule has 9 heteroatoms. The van der Waals surface area contributed by atoms with E-state index in [1.54, 1.807) is 12.3 Å². The molecule has 2 aromatic rings. The predicted octanol–water partition coefficient (Wildman–Crippen LogP) is 3.13. The molecule has 1 N–H and O–H groups in total. The Morgan fingerprint density at radius 2 is 1.97 bits per heavy atom. The number of benzene rings is 2.